The summed E-state index contributed by atoms with van der Waals surface area (Å²) in [5.74, 6) is -0.336. The van der Waals surface area contributed by atoms with Crippen molar-refractivity contribution < 1.29 is 9.53 Å². The molecular formula is C15H14O2. The first-order chi connectivity index (χ1) is 8.22. The number of hydrogen-bond acceptors (Lipinski definition) is 2. The standard InChI is InChI=1S/C15H14O2/c1-11-7-8-12-5-3-4-6-14(12)13(11)9-10-15(16)17-2/h3-10H,1-2H3. The average molecular weight is 226 g/mol. The van der Waals surface area contributed by atoms with Gasteiger partial charge < -0.3 is 4.74 Å². The number of carbonyl (C=O) groups excluding carboxylic acids is 1. The fourth-order valence-corrected chi connectivity index (χ4v) is 1.85. The number of esters is 1. The summed E-state index contributed by atoms with van der Waals surface area (Å²) < 4.78 is 4.60. The predicted octanol–water partition coefficient (Wildman–Crippen LogP) is 3.33. The van der Waals surface area contributed by atoms with E-state index in [1.54, 1.807) is 0 Å². The number of benzene rings is 2. The van der Waals surface area contributed by atoms with Crippen LogP contribution in [-0.2, 0) is 9.53 Å². The minimum atomic E-state index is -0.336. The monoisotopic (exact) mass is 226 g/mol. The molecule has 2 rings (SSSR count). The summed E-state index contributed by atoms with van der Waals surface area (Å²) in [6, 6.07) is 12.3. The summed E-state index contributed by atoms with van der Waals surface area (Å²) in [6.45, 7) is 2.03. The topological polar surface area (TPSA) is 26.3 Å². The van der Waals surface area contributed by atoms with Gasteiger partial charge in [0.1, 0.15) is 0 Å². The highest BCUT2D eigenvalue weighted by Gasteiger charge is 2.02. The van der Waals surface area contributed by atoms with Crippen LogP contribution in [0.25, 0.3) is 16.8 Å². The van der Waals surface area contributed by atoms with Gasteiger partial charge in [-0.15, -0.1) is 0 Å². The highest BCUT2D eigenvalue weighted by Crippen LogP contribution is 2.23. The fourth-order valence-electron chi connectivity index (χ4n) is 1.85. The normalized spacial score (nSPS) is 10.9. The van der Waals surface area contributed by atoms with Crippen LogP contribution in [0, 0.1) is 6.92 Å². The van der Waals surface area contributed by atoms with Crippen LogP contribution in [0.4, 0.5) is 0 Å². The van der Waals surface area contributed by atoms with Gasteiger partial charge in [0.25, 0.3) is 0 Å². The summed E-state index contributed by atoms with van der Waals surface area (Å²) in [6.07, 6.45) is 3.26. The number of ether oxygens (including phenoxy) is 1. The van der Waals surface area contributed by atoms with E-state index in [1.165, 1.54) is 18.6 Å². The molecule has 0 unspecified atom stereocenters. The van der Waals surface area contributed by atoms with Crippen molar-refractivity contribution in [2.45, 2.75) is 6.92 Å². The lowest BCUT2D eigenvalue weighted by Gasteiger charge is -2.05. The molecule has 0 atom stereocenters. The molecule has 2 nitrogen and oxygen atoms in total. The zero-order valence-corrected chi connectivity index (χ0v) is 9.94. The number of aryl methyl sites for hydroxylation is 1. The van der Waals surface area contributed by atoms with E-state index < -0.39 is 0 Å². The molecule has 0 spiro atoms. The molecule has 2 aromatic rings. The molecule has 0 radical (unpaired) electrons. The molecular weight excluding hydrogens is 212 g/mol. The molecule has 17 heavy (non-hydrogen) atoms. The van der Waals surface area contributed by atoms with Crippen LogP contribution in [0.1, 0.15) is 11.1 Å². The van der Waals surface area contributed by atoms with Crippen LogP contribution in [0.15, 0.2) is 42.5 Å². The maximum Gasteiger partial charge on any atom is 0.330 e. The van der Waals surface area contributed by atoms with E-state index in [0.29, 0.717) is 0 Å². The van der Waals surface area contributed by atoms with Gasteiger partial charge in [0.05, 0.1) is 7.11 Å². The number of fused-ring (bicyclic) bond motifs is 1. The minimum Gasteiger partial charge on any atom is -0.466 e. The van der Waals surface area contributed by atoms with Gasteiger partial charge in [-0.2, -0.15) is 0 Å². The number of methoxy groups -OCH3 is 1. The second kappa shape index (κ2) is 4.83. The van der Waals surface area contributed by atoms with Gasteiger partial charge in [0.2, 0.25) is 0 Å². The van der Waals surface area contributed by atoms with E-state index >= 15 is 0 Å². The maximum absolute atomic E-state index is 11.1. The molecule has 0 saturated carbocycles. The van der Waals surface area contributed by atoms with Crippen molar-refractivity contribution in [2.75, 3.05) is 7.11 Å². The quantitative estimate of drug-likeness (QED) is 0.580. The third kappa shape index (κ3) is 2.36. The van der Waals surface area contributed by atoms with Crippen molar-refractivity contribution in [1.29, 1.82) is 0 Å². The van der Waals surface area contributed by atoms with E-state index in [9.17, 15) is 4.79 Å². The van der Waals surface area contributed by atoms with Crippen LogP contribution >= 0.6 is 0 Å². The van der Waals surface area contributed by atoms with Crippen LogP contribution in [-0.4, -0.2) is 13.1 Å². The lowest BCUT2D eigenvalue weighted by molar-refractivity contribution is -0.134. The van der Waals surface area contributed by atoms with E-state index in [4.69, 9.17) is 0 Å². The van der Waals surface area contributed by atoms with E-state index in [-0.39, 0.29) is 5.97 Å². The van der Waals surface area contributed by atoms with Crippen LogP contribution in [0.5, 0.6) is 0 Å². The number of rotatable bonds is 2. The maximum atomic E-state index is 11.1. The molecule has 0 aromatic heterocycles. The van der Waals surface area contributed by atoms with E-state index in [1.807, 2.05) is 25.1 Å². The molecule has 0 aliphatic rings. The molecule has 0 fully saturated rings. The molecule has 2 heteroatoms. The Balaban J connectivity index is 2.55. The van der Waals surface area contributed by atoms with Gasteiger partial charge in [0.15, 0.2) is 0 Å². The van der Waals surface area contributed by atoms with Crippen molar-refractivity contribution in [3.63, 3.8) is 0 Å². The van der Waals surface area contributed by atoms with Crippen molar-refractivity contribution in [3.8, 4) is 0 Å². The Morgan fingerprint density at radius 3 is 2.71 bits per heavy atom. The Kier molecular flexibility index (Phi) is 3.24. The largest absolute Gasteiger partial charge is 0.466 e. The van der Waals surface area contributed by atoms with E-state index in [0.717, 1.165) is 16.5 Å². The summed E-state index contributed by atoms with van der Waals surface area (Å²) in [4.78, 5) is 11.1. The second-order valence-corrected chi connectivity index (χ2v) is 3.87. The van der Waals surface area contributed by atoms with Gasteiger partial charge in [-0.1, -0.05) is 36.4 Å². The van der Waals surface area contributed by atoms with Gasteiger partial charge in [-0.25, -0.2) is 4.79 Å². The van der Waals surface area contributed by atoms with Gasteiger partial charge in [-0.05, 0) is 34.9 Å². The lowest BCUT2D eigenvalue weighted by Crippen LogP contribution is -1.94. The Morgan fingerprint density at radius 2 is 1.94 bits per heavy atom. The van der Waals surface area contributed by atoms with Crippen LogP contribution < -0.4 is 0 Å². The first kappa shape index (κ1) is 11.4. The first-order valence-electron chi connectivity index (χ1n) is 5.47. The summed E-state index contributed by atoms with van der Waals surface area (Å²) in [5.41, 5.74) is 2.21. The second-order valence-electron chi connectivity index (χ2n) is 3.87. The Labute approximate surface area is 101 Å². The Hall–Kier alpha value is -2.09. The molecule has 0 N–H and O–H groups in total. The molecule has 0 amide bonds. The molecule has 2 aromatic carbocycles. The fraction of sp³-hybridized carbons (Fsp3) is 0.133. The van der Waals surface area contributed by atoms with Crippen molar-refractivity contribution in [3.05, 3.63) is 53.6 Å². The van der Waals surface area contributed by atoms with Crippen molar-refractivity contribution in [2.24, 2.45) is 0 Å². The van der Waals surface area contributed by atoms with Gasteiger partial charge in [-0.3, -0.25) is 0 Å². The molecule has 0 aliphatic carbocycles. The van der Waals surface area contributed by atoms with Gasteiger partial charge >= 0.3 is 5.97 Å². The Bertz CT molecular complexity index is 582. The smallest absolute Gasteiger partial charge is 0.330 e. The summed E-state index contributed by atoms with van der Waals surface area (Å²) in [7, 11) is 1.38. The number of hydrogen-bond donors (Lipinski definition) is 0. The Morgan fingerprint density at radius 1 is 1.18 bits per heavy atom. The van der Waals surface area contributed by atoms with Crippen molar-refractivity contribution >= 4 is 22.8 Å². The SMILES string of the molecule is COC(=O)C=Cc1c(C)ccc2ccccc12. The zero-order chi connectivity index (χ0) is 12.3. The summed E-state index contributed by atoms with van der Waals surface area (Å²) in [5, 5.41) is 2.32. The molecule has 0 bridgehead atoms. The predicted molar refractivity (Wildman–Crippen MR) is 69.7 cm³/mol. The third-order valence-electron chi connectivity index (χ3n) is 2.78. The molecule has 0 aliphatic heterocycles. The highest BCUT2D eigenvalue weighted by atomic mass is 16.5. The summed E-state index contributed by atoms with van der Waals surface area (Å²) >= 11 is 0. The lowest BCUT2D eigenvalue weighted by atomic mass is 9.99. The van der Waals surface area contributed by atoms with E-state index in [2.05, 4.69) is 29.0 Å². The van der Waals surface area contributed by atoms with Crippen molar-refractivity contribution in [1.82, 2.24) is 0 Å². The minimum absolute atomic E-state index is 0.336. The first-order valence-corrected chi connectivity index (χ1v) is 5.47. The zero-order valence-electron chi connectivity index (χ0n) is 9.94. The third-order valence-corrected chi connectivity index (χ3v) is 2.78. The molecule has 86 valence electrons. The number of carbonyl (C=O) groups is 1. The van der Waals surface area contributed by atoms with Crippen LogP contribution in [0.2, 0.25) is 0 Å². The average Bonchev–Trinajstić information content (AvgIpc) is 2.37. The molecule has 0 heterocycles. The van der Waals surface area contributed by atoms with Gasteiger partial charge in [0, 0.05) is 6.08 Å². The highest BCUT2D eigenvalue weighted by molar-refractivity contribution is 5.95. The molecule has 0 saturated heterocycles. The van der Waals surface area contributed by atoms with Crippen LogP contribution in [0.3, 0.4) is 0 Å².